The van der Waals surface area contributed by atoms with Gasteiger partial charge in [0.15, 0.2) is 0 Å². The average molecular weight is 276 g/mol. The van der Waals surface area contributed by atoms with Crippen LogP contribution < -0.4 is 0 Å². The van der Waals surface area contributed by atoms with Gasteiger partial charge in [0, 0.05) is 30.0 Å². The summed E-state index contributed by atoms with van der Waals surface area (Å²) in [6, 6.07) is 10.3. The Labute approximate surface area is 118 Å². The van der Waals surface area contributed by atoms with Gasteiger partial charge in [-0.3, -0.25) is 10.00 Å². The third-order valence-electron chi connectivity index (χ3n) is 3.80. The maximum absolute atomic E-state index is 5.95. The van der Waals surface area contributed by atoms with Crippen LogP contribution in [-0.4, -0.2) is 28.2 Å². The number of halogens is 1. The molecular formula is C15H18ClN3. The summed E-state index contributed by atoms with van der Waals surface area (Å²) in [4.78, 5) is 2.50. The standard InChI is InChI=1S/C15H18ClN3/c16-14-5-3-12(4-6-14)13-2-1-9-19(10-13)11-15-7-8-17-18-15/h3-8,13H,1-2,9-11H2,(H,17,18)/t13-/m0/s1. The lowest BCUT2D eigenvalue weighted by molar-refractivity contribution is 0.198. The van der Waals surface area contributed by atoms with Gasteiger partial charge < -0.3 is 0 Å². The van der Waals surface area contributed by atoms with Gasteiger partial charge in [0.25, 0.3) is 0 Å². The SMILES string of the molecule is Clc1ccc([C@H]2CCCN(Cc3ccn[nH]3)C2)cc1. The second-order valence-electron chi connectivity index (χ2n) is 5.21. The maximum atomic E-state index is 5.95. The van der Waals surface area contributed by atoms with Crippen molar-refractivity contribution in [3.05, 3.63) is 52.8 Å². The second-order valence-corrected chi connectivity index (χ2v) is 5.64. The van der Waals surface area contributed by atoms with E-state index in [0.717, 1.165) is 18.1 Å². The molecule has 1 fully saturated rings. The Bertz CT molecular complexity index is 507. The highest BCUT2D eigenvalue weighted by atomic mass is 35.5. The summed E-state index contributed by atoms with van der Waals surface area (Å²) in [5.41, 5.74) is 2.59. The van der Waals surface area contributed by atoms with Crippen molar-refractivity contribution in [1.82, 2.24) is 15.1 Å². The van der Waals surface area contributed by atoms with Gasteiger partial charge in [-0.05, 0) is 49.1 Å². The molecule has 3 rings (SSSR count). The highest BCUT2D eigenvalue weighted by molar-refractivity contribution is 6.30. The van der Waals surface area contributed by atoms with Crippen LogP contribution in [0.5, 0.6) is 0 Å². The number of aromatic nitrogens is 2. The first-order valence-corrected chi connectivity index (χ1v) is 7.15. The molecular weight excluding hydrogens is 258 g/mol. The largest absolute Gasteiger partial charge is 0.297 e. The number of benzene rings is 1. The fraction of sp³-hybridized carbons (Fsp3) is 0.400. The Morgan fingerprint density at radius 2 is 2.11 bits per heavy atom. The van der Waals surface area contributed by atoms with Crippen molar-refractivity contribution in [2.75, 3.05) is 13.1 Å². The molecule has 0 spiro atoms. The third-order valence-corrected chi connectivity index (χ3v) is 4.05. The molecule has 0 saturated carbocycles. The summed E-state index contributed by atoms with van der Waals surface area (Å²) in [6.45, 7) is 3.24. The lowest BCUT2D eigenvalue weighted by Gasteiger charge is -2.32. The van der Waals surface area contributed by atoms with Gasteiger partial charge in [-0.15, -0.1) is 0 Å². The van der Waals surface area contributed by atoms with E-state index in [1.165, 1.54) is 30.6 Å². The van der Waals surface area contributed by atoms with Crippen LogP contribution in [0.15, 0.2) is 36.5 Å². The zero-order valence-electron chi connectivity index (χ0n) is 10.8. The molecule has 1 aromatic carbocycles. The molecule has 2 aromatic rings. The Morgan fingerprint density at radius 3 is 2.84 bits per heavy atom. The Morgan fingerprint density at radius 1 is 1.26 bits per heavy atom. The lowest BCUT2D eigenvalue weighted by Crippen LogP contribution is -2.33. The number of piperidine rings is 1. The first kappa shape index (κ1) is 12.7. The predicted octanol–water partition coefficient (Wildman–Crippen LogP) is 3.44. The molecule has 0 aliphatic carbocycles. The average Bonchev–Trinajstić information content (AvgIpc) is 2.93. The van der Waals surface area contributed by atoms with Crippen molar-refractivity contribution < 1.29 is 0 Å². The minimum atomic E-state index is 0.619. The number of nitrogens with one attached hydrogen (secondary N) is 1. The van der Waals surface area contributed by atoms with Crippen LogP contribution in [0.3, 0.4) is 0 Å². The zero-order chi connectivity index (χ0) is 13.1. The van der Waals surface area contributed by atoms with E-state index in [2.05, 4.69) is 27.2 Å². The summed E-state index contributed by atoms with van der Waals surface area (Å²) in [7, 11) is 0. The number of hydrogen-bond acceptors (Lipinski definition) is 2. The molecule has 0 radical (unpaired) electrons. The van der Waals surface area contributed by atoms with Crippen LogP contribution in [0.2, 0.25) is 5.02 Å². The van der Waals surface area contributed by atoms with Crippen LogP contribution in [0.1, 0.15) is 30.0 Å². The fourth-order valence-electron chi connectivity index (χ4n) is 2.82. The van der Waals surface area contributed by atoms with E-state index in [0.29, 0.717) is 5.92 Å². The van der Waals surface area contributed by atoms with Crippen molar-refractivity contribution >= 4 is 11.6 Å². The number of rotatable bonds is 3. The van der Waals surface area contributed by atoms with Gasteiger partial charge >= 0.3 is 0 Å². The van der Waals surface area contributed by atoms with Crippen molar-refractivity contribution in [1.29, 1.82) is 0 Å². The monoisotopic (exact) mass is 275 g/mol. The van der Waals surface area contributed by atoms with Gasteiger partial charge in [0.2, 0.25) is 0 Å². The van der Waals surface area contributed by atoms with E-state index >= 15 is 0 Å². The second kappa shape index (κ2) is 5.76. The number of hydrogen-bond donors (Lipinski definition) is 1. The van der Waals surface area contributed by atoms with E-state index in [9.17, 15) is 0 Å². The summed E-state index contributed by atoms with van der Waals surface area (Å²) in [6.07, 6.45) is 4.33. The Kier molecular flexibility index (Phi) is 3.85. The van der Waals surface area contributed by atoms with Crippen molar-refractivity contribution in [3.8, 4) is 0 Å². The van der Waals surface area contributed by atoms with Gasteiger partial charge in [0.1, 0.15) is 0 Å². The zero-order valence-corrected chi connectivity index (χ0v) is 11.6. The van der Waals surface area contributed by atoms with Crippen LogP contribution in [0, 0.1) is 0 Å². The summed E-state index contributed by atoms with van der Waals surface area (Å²) in [5.74, 6) is 0.619. The van der Waals surface area contributed by atoms with Gasteiger partial charge in [-0.2, -0.15) is 5.10 Å². The van der Waals surface area contributed by atoms with Crippen LogP contribution in [0.25, 0.3) is 0 Å². The molecule has 100 valence electrons. The molecule has 1 saturated heterocycles. The van der Waals surface area contributed by atoms with E-state index in [1.54, 1.807) is 0 Å². The predicted molar refractivity (Wildman–Crippen MR) is 77.3 cm³/mol. The molecule has 1 aliphatic heterocycles. The molecule has 2 heterocycles. The number of H-pyrrole nitrogens is 1. The summed E-state index contributed by atoms with van der Waals surface area (Å²) in [5, 5.41) is 7.86. The van der Waals surface area contributed by atoms with Crippen molar-refractivity contribution in [3.63, 3.8) is 0 Å². The van der Waals surface area contributed by atoms with E-state index in [1.807, 2.05) is 24.4 Å². The molecule has 1 aliphatic rings. The van der Waals surface area contributed by atoms with Gasteiger partial charge in [-0.1, -0.05) is 23.7 Å². The van der Waals surface area contributed by atoms with Crippen molar-refractivity contribution in [2.45, 2.75) is 25.3 Å². The summed E-state index contributed by atoms with van der Waals surface area (Å²) >= 11 is 5.95. The Hall–Kier alpha value is -1.32. The molecule has 1 aromatic heterocycles. The van der Waals surface area contributed by atoms with E-state index in [4.69, 9.17) is 11.6 Å². The van der Waals surface area contributed by atoms with E-state index in [-0.39, 0.29) is 0 Å². The van der Waals surface area contributed by atoms with E-state index < -0.39 is 0 Å². The lowest BCUT2D eigenvalue weighted by atomic mass is 9.90. The van der Waals surface area contributed by atoms with Crippen molar-refractivity contribution in [2.24, 2.45) is 0 Å². The number of nitrogens with zero attached hydrogens (tertiary/aromatic N) is 2. The Balaban J connectivity index is 1.66. The quantitative estimate of drug-likeness (QED) is 0.930. The number of likely N-dealkylation sites (tertiary alicyclic amines) is 1. The van der Waals surface area contributed by atoms with Gasteiger partial charge in [-0.25, -0.2) is 0 Å². The molecule has 19 heavy (non-hydrogen) atoms. The first-order chi connectivity index (χ1) is 9.31. The molecule has 0 bridgehead atoms. The molecule has 0 amide bonds. The van der Waals surface area contributed by atoms with Gasteiger partial charge in [0.05, 0.1) is 0 Å². The normalized spacial score (nSPS) is 20.6. The highest BCUT2D eigenvalue weighted by Gasteiger charge is 2.21. The third kappa shape index (κ3) is 3.17. The van der Waals surface area contributed by atoms with Crippen LogP contribution >= 0.6 is 11.6 Å². The minimum absolute atomic E-state index is 0.619. The minimum Gasteiger partial charge on any atom is -0.297 e. The molecule has 0 unspecified atom stereocenters. The highest BCUT2D eigenvalue weighted by Crippen LogP contribution is 2.28. The number of aromatic amines is 1. The topological polar surface area (TPSA) is 31.9 Å². The summed E-state index contributed by atoms with van der Waals surface area (Å²) < 4.78 is 0. The molecule has 4 heteroatoms. The first-order valence-electron chi connectivity index (χ1n) is 6.77. The molecule has 1 N–H and O–H groups in total. The van der Waals surface area contributed by atoms with Crippen LogP contribution in [-0.2, 0) is 6.54 Å². The fourth-order valence-corrected chi connectivity index (χ4v) is 2.95. The smallest absolute Gasteiger partial charge is 0.0492 e. The van der Waals surface area contributed by atoms with Crippen LogP contribution in [0.4, 0.5) is 0 Å². The molecule has 1 atom stereocenters. The molecule has 3 nitrogen and oxygen atoms in total. The maximum Gasteiger partial charge on any atom is 0.0492 e.